The minimum Gasteiger partial charge on any atom is -0.490 e. The van der Waals surface area contributed by atoms with E-state index in [9.17, 15) is 13.2 Å². The zero-order valence-electron chi connectivity index (χ0n) is 19.2. The number of ether oxygens (including phenoxy) is 3. The largest absolute Gasteiger partial charge is 0.490 e. The number of fused-ring (bicyclic) bond motifs is 1. The molecule has 2 aromatic carbocycles. The summed E-state index contributed by atoms with van der Waals surface area (Å²) in [6.07, 6.45) is 2.47. The minimum atomic E-state index is -3.61. The maximum Gasteiger partial charge on any atom is 0.283 e. The summed E-state index contributed by atoms with van der Waals surface area (Å²) < 4.78 is 40.5. The van der Waals surface area contributed by atoms with Crippen molar-refractivity contribution in [2.24, 2.45) is 10.1 Å². The van der Waals surface area contributed by atoms with E-state index in [-0.39, 0.29) is 34.2 Å². The smallest absolute Gasteiger partial charge is 0.283 e. The van der Waals surface area contributed by atoms with E-state index in [1.807, 2.05) is 19.1 Å². The fraction of sp³-hybridized carbons (Fsp3) is 0.217. The number of thioether (sulfide) groups is 1. The monoisotopic (exact) mass is 548 g/mol. The van der Waals surface area contributed by atoms with Gasteiger partial charge in [0.25, 0.3) is 5.91 Å². The number of halogens is 1. The Morgan fingerprint density at radius 3 is 2.50 bits per heavy atom. The van der Waals surface area contributed by atoms with Crippen molar-refractivity contribution >= 4 is 60.6 Å². The third-order valence-electron chi connectivity index (χ3n) is 4.77. The van der Waals surface area contributed by atoms with E-state index < -0.39 is 15.7 Å². The number of nitrogens with zero attached hydrogens (tertiary/aromatic N) is 3. The van der Waals surface area contributed by atoms with E-state index in [0.717, 1.165) is 23.0 Å². The van der Waals surface area contributed by atoms with Crippen LogP contribution in [0, 0.1) is 5.41 Å². The number of nitrogens with one attached hydrogen (secondary N) is 1. The van der Waals surface area contributed by atoms with Crippen molar-refractivity contribution in [1.29, 1.82) is 5.41 Å². The van der Waals surface area contributed by atoms with Gasteiger partial charge in [-0.25, -0.2) is 8.42 Å². The number of benzene rings is 2. The normalized spacial score (nSPS) is 16.5. The zero-order chi connectivity index (χ0) is 25.9. The molecular formula is C23H21ClN4O6S2. The highest BCUT2D eigenvalue weighted by atomic mass is 35.5. The number of hydrazone groups is 1. The van der Waals surface area contributed by atoms with Crippen LogP contribution in [0.3, 0.4) is 0 Å². The summed E-state index contributed by atoms with van der Waals surface area (Å²) in [5.74, 6) is 0.539. The van der Waals surface area contributed by atoms with Crippen molar-refractivity contribution < 1.29 is 27.4 Å². The van der Waals surface area contributed by atoms with Crippen LogP contribution in [0.25, 0.3) is 6.08 Å². The van der Waals surface area contributed by atoms with Gasteiger partial charge in [-0.05, 0) is 54.6 Å². The molecule has 0 radical (unpaired) electrons. The molecule has 2 aromatic rings. The first kappa shape index (κ1) is 25.7. The molecule has 2 heterocycles. The van der Waals surface area contributed by atoms with Crippen LogP contribution < -0.4 is 14.2 Å². The molecule has 4 rings (SSSR count). The van der Waals surface area contributed by atoms with Gasteiger partial charge in [-0.2, -0.15) is 10.0 Å². The number of hydrogen-bond acceptors (Lipinski definition) is 9. The first-order valence-electron chi connectivity index (χ1n) is 10.6. The number of amidine groups is 2. The second kappa shape index (κ2) is 10.7. The molecule has 188 valence electrons. The Bertz CT molecular complexity index is 1420. The molecule has 0 saturated carbocycles. The number of hydrogen-bond donors (Lipinski definition) is 1. The Kier molecular flexibility index (Phi) is 7.67. The lowest BCUT2D eigenvalue weighted by molar-refractivity contribution is -0.114. The molecule has 10 nitrogen and oxygen atoms in total. The van der Waals surface area contributed by atoms with Crippen molar-refractivity contribution in [1.82, 2.24) is 5.01 Å². The highest BCUT2D eigenvalue weighted by Crippen LogP contribution is 2.32. The third-order valence-corrected chi connectivity index (χ3v) is 7.66. The molecule has 2 aliphatic heterocycles. The first-order valence-corrected chi connectivity index (χ1v) is 13.7. The topological polar surface area (TPSA) is 131 Å². The molecule has 1 N–H and O–H groups in total. The van der Waals surface area contributed by atoms with E-state index in [0.29, 0.717) is 34.4 Å². The van der Waals surface area contributed by atoms with Crippen molar-refractivity contribution in [3.05, 3.63) is 58.6 Å². The lowest BCUT2D eigenvalue weighted by atomic mass is 10.1. The van der Waals surface area contributed by atoms with Crippen molar-refractivity contribution in [2.45, 2.75) is 6.92 Å². The van der Waals surface area contributed by atoms with Crippen LogP contribution in [0.4, 0.5) is 0 Å². The Morgan fingerprint density at radius 1 is 1.08 bits per heavy atom. The summed E-state index contributed by atoms with van der Waals surface area (Å²) in [7, 11) is -3.61. The SMILES string of the molecule is CCOc1cc(/C=C2\C(=N)N3N=C(S(C)(=O)=O)SC3=NC2=O)ccc1OCCOc1ccccc1Cl. The molecule has 0 spiro atoms. The van der Waals surface area contributed by atoms with Gasteiger partial charge >= 0.3 is 0 Å². The van der Waals surface area contributed by atoms with Crippen LogP contribution in [-0.2, 0) is 14.6 Å². The molecule has 2 aliphatic rings. The van der Waals surface area contributed by atoms with Gasteiger partial charge in [0.15, 0.2) is 17.3 Å². The molecular weight excluding hydrogens is 528 g/mol. The Hall–Kier alpha value is -3.35. The molecule has 36 heavy (non-hydrogen) atoms. The highest BCUT2D eigenvalue weighted by Gasteiger charge is 2.38. The van der Waals surface area contributed by atoms with Crippen LogP contribution in [0.15, 0.2) is 58.1 Å². The average molecular weight is 549 g/mol. The number of sulfone groups is 1. The number of carbonyl (C=O) groups excluding carboxylic acids is 1. The molecule has 1 amide bonds. The van der Waals surface area contributed by atoms with Crippen LogP contribution in [0.1, 0.15) is 12.5 Å². The lowest BCUT2D eigenvalue weighted by Gasteiger charge is -2.20. The maximum absolute atomic E-state index is 12.6. The Morgan fingerprint density at radius 2 is 1.81 bits per heavy atom. The predicted molar refractivity (Wildman–Crippen MR) is 140 cm³/mol. The second-order valence-electron chi connectivity index (χ2n) is 7.42. The van der Waals surface area contributed by atoms with Gasteiger partial charge in [0.2, 0.25) is 19.4 Å². The molecule has 0 bridgehead atoms. The van der Waals surface area contributed by atoms with E-state index >= 15 is 0 Å². The van der Waals surface area contributed by atoms with Gasteiger partial charge in [0.05, 0.1) is 17.2 Å². The molecule has 0 aliphatic carbocycles. The number of rotatable bonds is 8. The van der Waals surface area contributed by atoms with E-state index in [2.05, 4.69) is 10.1 Å². The summed E-state index contributed by atoms with van der Waals surface area (Å²) in [6, 6.07) is 12.2. The summed E-state index contributed by atoms with van der Waals surface area (Å²) in [5, 5.41) is 13.9. The Balaban J connectivity index is 1.50. The van der Waals surface area contributed by atoms with Gasteiger partial charge in [-0.15, -0.1) is 5.10 Å². The summed E-state index contributed by atoms with van der Waals surface area (Å²) >= 11 is 6.82. The van der Waals surface area contributed by atoms with E-state index in [1.54, 1.807) is 30.3 Å². The fourth-order valence-corrected chi connectivity index (χ4v) is 5.03. The van der Waals surface area contributed by atoms with Gasteiger partial charge in [0.1, 0.15) is 19.0 Å². The minimum absolute atomic E-state index is 0.0281. The van der Waals surface area contributed by atoms with Gasteiger partial charge in [-0.3, -0.25) is 10.2 Å². The predicted octanol–water partition coefficient (Wildman–Crippen LogP) is 3.82. The van der Waals surface area contributed by atoms with E-state index in [4.69, 9.17) is 31.2 Å². The van der Waals surface area contributed by atoms with Gasteiger partial charge in [-0.1, -0.05) is 29.8 Å². The molecule has 13 heteroatoms. The molecule has 0 aromatic heterocycles. The average Bonchev–Trinajstić information content (AvgIpc) is 3.27. The van der Waals surface area contributed by atoms with Crippen LogP contribution in [-0.4, -0.2) is 60.8 Å². The maximum atomic E-state index is 12.6. The van der Waals surface area contributed by atoms with Crippen molar-refractivity contribution in [3.8, 4) is 17.2 Å². The van der Waals surface area contributed by atoms with Gasteiger partial charge < -0.3 is 14.2 Å². The summed E-state index contributed by atoms with van der Waals surface area (Å²) in [5.41, 5.74) is 0.520. The number of para-hydroxylation sites is 1. The fourth-order valence-electron chi connectivity index (χ4n) is 3.16. The second-order valence-corrected chi connectivity index (χ2v) is 11.0. The third kappa shape index (κ3) is 5.72. The van der Waals surface area contributed by atoms with Crippen LogP contribution >= 0.6 is 23.4 Å². The summed E-state index contributed by atoms with van der Waals surface area (Å²) in [6.45, 7) is 2.70. The molecule has 0 fully saturated rings. The van der Waals surface area contributed by atoms with Crippen molar-refractivity contribution in [3.63, 3.8) is 0 Å². The number of amides is 1. The quantitative estimate of drug-likeness (QED) is 0.389. The molecule has 0 unspecified atom stereocenters. The first-order chi connectivity index (χ1) is 17.2. The van der Waals surface area contributed by atoms with Crippen LogP contribution in [0.5, 0.6) is 17.2 Å². The standard InChI is InChI=1S/C23H21ClN4O6S2/c1-3-32-19-13-14(8-9-18(19)34-11-10-33-17-7-5-4-6-16(17)24)12-15-20(25)28-22(26-21(15)29)35-23(27-28)36(2,30)31/h4-9,12-13,25H,3,10-11H2,1-2H3/b15-12+,25-20?. The molecule has 0 saturated heterocycles. The van der Waals surface area contributed by atoms with E-state index in [1.165, 1.54) is 6.08 Å². The molecule has 0 atom stereocenters. The highest BCUT2D eigenvalue weighted by molar-refractivity contribution is 8.42. The van der Waals surface area contributed by atoms with Crippen LogP contribution in [0.2, 0.25) is 5.02 Å². The lowest BCUT2D eigenvalue weighted by Crippen LogP contribution is -2.35. The Labute approximate surface area is 217 Å². The number of aliphatic imine (C=N–C) groups is 1. The zero-order valence-corrected chi connectivity index (χ0v) is 21.6. The summed E-state index contributed by atoms with van der Waals surface area (Å²) in [4.78, 5) is 16.5. The van der Waals surface area contributed by atoms with Crippen molar-refractivity contribution in [2.75, 3.05) is 26.1 Å². The number of carbonyl (C=O) groups is 1. The van der Waals surface area contributed by atoms with Gasteiger partial charge in [0, 0.05) is 6.26 Å².